The molecular weight excluding hydrogens is 619 g/mol. The summed E-state index contributed by atoms with van der Waals surface area (Å²) in [4.78, 5) is 31.0. The number of aromatic nitrogens is 3. The van der Waals surface area contributed by atoms with Gasteiger partial charge in [-0.3, -0.25) is 14.3 Å². The summed E-state index contributed by atoms with van der Waals surface area (Å²) in [6, 6.07) is 7.45. The lowest BCUT2D eigenvalue weighted by Gasteiger charge is -2.27. The van der Waals surface area contributed by atoms with E-state index in [2.05, 4.69) is 29.9 Å². The van der Waals surface area contributed by atoms with Crippen LogP contribution in [0, 0.1) is 5.92 Å². The Morgan fingerprint density at radius 2 is 1.89 bits per heavy atom. The van der Waals surface area contributed by atoms with E-state index in [4.69, 9.17) is 14.6 Å². The van der Waals surface area contributed by atoms with Crippen molar-refractivity contribution in [3.8, 4) is 5.75 Å². The molecule has 1 unspecified atom stereocenters. The third-order valence-corrected chi connectivity index (χ3v) is 10.4. The van der Waals surface area contributed by atoms with E-state index >= 15 is 0 Å². The molecule has 2 aromatic heterocycles. The SMILES string of the molecule is C[Si](C)(C)CCOCN1C(=O)CCC1COc1cc2nn(C3CCC(CO)CC3)cc2cc1NC(=O)c1cccc(C(F)(F)F)n1. The second-order valence-electron chi connectivity index (χ2n) is 13.4. The van der Waals surface area contributed by atoms with Gasteiger partial charge in [0.2, 0.25) is 5.91 Å². The number of aliphatic hydroxyl groups is 1. The number of amides is 2. The minimum Gasteiger partial charge on any atom is -0.489 e. The third kappa shape index (κ3) is 8.45. The van der Waals surface area contributed by atoms with Crippen molar-refractivity contribution in [2.24, 2.45) is 5.92 Å². The highest BCUT2D eigenvalue weighted by Crippen LogP contribution is 2.36. The molecule has 0 radical (unpaired) electrons. The predicted molar refractivity (Wildman–Crippen MR) is 169 cm³/mol. The highest BCUT2D eigenvalue weighted by molar-refractivity contribution is 6.76. The van der Waals surface area contributed by atoms with E-state index in [0.717, 1.165) is 49.2 Å². The van der Waals surface area contributed by atoms with Gasteiger partial charge < -0.3 is 24.8 Å². The summed E-state index contributed by atoms with van der Waals surface area (Å²) < 4.78 is 53.8. The van der Waals surface area contributed by atoms with E-state index in [1.165, 1.54) is 6.07 Å². The molecule has 2 N–H and O–H groups in total. The first-order valence-corrected chi connectivity index (χ1v) is 19.5. The van der Waals surface area contributed by atoms with Crippen LogP contribution in [0.5, 0.6) is 5.75 Å². The fourth-order valence-electron chi connectivity index (χ4n) is 5.84. The first-order chi connectivity index (χ1) is 21.8. The zero-order valence-corrected chi connectivity index (χ0v) is 27.5. The molecule has 1 aromatic carbocycles. The predicted octanol–water partition coefficient (Wildman–Crippen LogP) is 6.11. The smallest absolute Gasteiger partial charge is 0.433 e. The molecule has 2 aliphatic rings. The number of carbonyl (C=O) groups excluding carboxylic acids is 2. The first kappa shape index (κ1) is 33.9. The van der Waals surface area contributed by atoms with E-state index in [-0.39, 0.29) is 55.1 Å². The van der Waals surface area contributed by atoms with Crippen LogP contribution in [0.4, 0.5) is 18.9 Å². The third-order valence-electron chi connectivity index (χ3n) is 8.70. The number of benzene rings is 1. The van der Waals surface area contributed by atoms with Crippen molar-refractivity contribution in [1.82, 2.24) is 19.7 Å². The molecule has 10 nitrogen and oxygen atoms in total. The van der Waals surface area contributed by atoms with Crippen molar-refractivity contribution in [1.29, 1.82) is 0 Å². The van der Waals surface area contributed by atoms with Gasteiger partial charge in [0, 0.05) is 45.4 Å². The van der Waals surface area contributed by atoms with Crippen LogP contribution < -0.4 is 10.1 Å². The average Bonchev–Trinajstić information content (AvgIpc) is 3.59. The van der Waals surface area contributed by atoms with Crippen LogP contribution in [-0.4, -0.2) is 77.3 Å². The number of fused-ring (bicyclic) bond motifs is 1. The Balaban J connectivity index is 1.37. The lowest BCUT2D eigenvalue weighted by atomic mass is 9.87. The maximum Gasteiger partial charge on any atom is 0.433 e. The zero-order valence-electron chi connectivity index (χ0n) is 26.5. The van der Waals surface area contributed by atoms with Gasteiger partial charge in [-0.2, -0.15) is 18.3 Å². The van der Waals surface area contributed by atoms with Crippen LogP contribution >= 0.6 is 0 Å². The van der Waals surface area contributed by atoms with E-state index < -0.39 is 25.9 Å². The van der Waals surface area contributed by atoms with Gasteiger partial charge >= 0.3 is 6.18 Å². The molecule has 5 rings (SSSR count). The molecule has 3 heterocycles. The number of nitrogens with one attached hydrogen (secondary N) is 1. The molecule has 1 aliphatic carbocycles. The Labute approximate surface area is 267 Å². The normalized spacial score (nSPS) is 20.8. The van der Waals surface area contributed by atoms with Crippen LogP contribution in [0.2, 0.25) is 25.7 Å². The maximum absolute atomic E-state index is 13.3. The summed E-state index contributed by atoms with van der Waals surface area (Å²) >= 11 is 0. The molecule has 2 fully saturated rings. The molecule has 1 aliphatic heterocycles. The Hall–Kier alpha value is -3.49. The number of alkyl halides is 3. The van der Waals surface area contributed by atoms with Gasteiger partial charge in [-0.1, -0.05) is 25.7 Å². The minimum absolute atomic E-state index is 0.0177. The molecule has 1 saturated heterocycles. The standard InChI is InChI=1S/C32H42F3N5O5Si/c1-46(2,3)14-13-44-20-39-24(11-12-30(39)42)19-45-28-16-26-22(17-40(38-26)23-9-7-21(18-41)8-10-23)15-27(28)37-31(43)25-5-4-6-29(36-25)32(33,34)35/h4-6,15-17,21,23-24,41H,7-14,18-20H2,1-3H3,(H,37,43). The van der Waals surface area contributed by atoms with Crippen LogP contribution in [-0.2, 0) is 15.7 Å². The average molecular weight is 662 g/mol. The number of hydrogen-bond acceptors (Lipinski definition) is 7. The first-order valence-electron chi connectivity index (χ1n) is 15.8. The summed E-state index contributed by atoms with van der Waals surface area (Å²) in [5.41, 5.74) is -0.673. The lowest BCUT2D eigenvalue weighted by Crippen LogP contribution is -2.39. The Bertz CT molecular complexity index is 1530. The molecule has 14 heteroatoms. The number of hydrogen-bond donors (Lipinski definition) is 2. The number of anilines is 1. The largest absolute Gasteiger partial charge is 0.489 e. The van der Waals surface area contributed by atoms with Gasteiger partial charge in [0.15, 0.2) is 0 Å². The van der Waals surface area contributed by atoms with E-state index in [1.807, 2.05) is 10.9 Å². The summed E-state index contributed by atoms with van der Waals surface area (Å²) in [6.45, 7) is 7.83. The quantitative estimate of drug-likeness (QED) is 0.178. The number of ether oxygens (including phenoxy) is 2. The van der Waals surface area contributed by atoms with Crippen molar-refractivity contribution in [2.75, 3.05) is 31.9 Å². The second-order valence-corrected chi connectivity index (χ2v) is 19.1. The van der Waals surface area contributed by atoms with Crippen LogP contribution in [0.25, 0.3) is 10.9 Å². The van der Waals surface area contributed by atoms with Gasteiger partial charge in [-0.15, -0.1) is 0 Å². The minimum atomic E-state index is -4.70. The number of halogens is 3. The molecule has 0 spiro atoms. The Morgan fingerprint density at radius 1 is 1.13 bits per heavy atom. The summed E-state index contributed by atoms with van der Waals surface area (Å²) in [5.74, 6) is -0.268. The number of aliphatic hydroxyl groups excluding tert-OH is 1. The number of likely N-dealkylation sites (tertiary alicyclic amines) is 1. The molecule has 250 valence electrons. The van der Waals surface area contributed by atoms with Crippen molar-refractivity contribution in [3.63, 3.8) is 0 Å². The monoisotopic (exact) mass is 661 g/mol. The molecule has 46 heavy (non-hydrogen) atoms. The van der Waals surface area contributed by atoms with Crippen molar-refractivity contribution >= 4 is 36.5 Å². The summed E-state index contributed by atoms with van der Waals surface area (Å²) in [5, 5.41) is 17.7. The number of rotatable bonds is 12. The summed E-state index contributed by atoms with van der Waals surface area (Å²) in [7, 11) is -1.29. The van der Waals surface area contributed by atoms with Gasteiger partial charge in [-0.25, -0.2) is 4.98 Å². The van der Waals surface area contributed by atoms with Gasteiger partial charge in [0.05, 0.1) is 23.3 Å². The zero-order chi connectivity index (χ0) is 33.1. The Morgan fingerprint density at radius 3 is 2.59 bits per heavy atom. The van der Waals surface area contributed by atoms with E-state index in [0.29, 0.717) is 30.9 Å². The molecule has 2 amide bonds. The highest BCUT2D eigenvalue weighted by atomic mass is 28.3. The maximum atomic E-state index is 13.3. The lowest BCUT2D eigenvalue weighted by molar-refractivity contribution is -0.141. The van der Waals surface area contributed by atoms with Gasteiger partial charge in [0.1, 0.15) is 30.5 Å². The van der Waals surface area contributed by atoms with E-state index in [1.54, 1.807) is 17.0 Å². The molecule has 1 atom stereocenters. The number of carbonyl (C=O) groups is 2. The topological polar surface area (TPSA) is 119 Å². The second kappa shape index (κ2) is 14.1. The number of nitrogens with zero attached hydrogens (tertiary/aromatic N) is 4. The Kier molecular flexibility index (Phi) is 10.4. The fourth-order valence-corrected chi connectivity index (χ4v) is 6.60. The number of pyridine rings is 1. The molecule has 3 aromatic rings. The van der Waals surface area contributed by atoms with Crippen molar-refractivity contribution in [3.05, 3.63) is 47.9 Å². The van der Waals surface area contributed by atoms with Gasteiger partial charge in [-0.05, 0) is 62.3 Å². The van der Waals surface area contributed by atoms with Gasteiger partial charge in [0.25, 0.3) is 5.91 Å². The summed E-state index contributed by atoms with van der Waals surface area (Å²) in [6.07, 6.45) is 1.69. The van der Waals surface area contributed by atoms with Crippen molar-refractivity contribution in [2.45, 2.75) is 82.5 Å². The van der Waals surface area contributed by atoms with Crippen LogP contribution in [0.3, 0.4) is 0 Å². The molecule has 0 bridgehead atoms. The van der Waals surface area contributed by atoms with Crippen LogP contribution in [0.15, 0.2) is 36.5 Å². The fraction of sp³-hybridized carbons (Fsp3) is 0.562. The van der Waals surface area contributed by atoms with E-state index in [9.17, 15) is 27.9 Å². The molecule has 1 saturated carbocycles. The molecular formula is C32H42F3N5O5Si. The van der Waals surface area contributed by atoms with Crippen LogP contribution in [0.1, 0.15) is 60.7 Å². The van der Waals surface area contributed by atoms with Crippen molar-refractivity contribution < 1.29 is 37.3 Å². The highest BCUT2D eigenvalue weighted by Gasteiger charge is 2.34.